The molecule has 0 saturated carbocycles. The molecule has 0 bridgehead atoms. The van der Waals surface area contributed by atoms with E-state index in [-0.39, 0.29) is 17.7 Å². The smallest absolute Gasteiger partial charge is 0.343 e. The number of ether oxygens (including phenoxy) is 1. The van der Waals surface area contributed by atoms with Crippen LogP contribution in [0.15, 0.2) is 47.4 Å². The van der Waals surface area contributed by atoms with Crippen LogP contribution in [-0.2, 0) is 6.42 Å². The number of carbonyl (C=O) groups excluding carboxylic acids is 1. The summed E-state index contributed by atoms with van der Waals surface area (Å²) in [4.78, 5) is 9.17. The highest BCUT2D eigenvalue weighted by Gasteiger charge is 2.67. The monoisotopic (exact) mass is 370 g/mol. The second kappa shape index (κ2) is 5.17. The molecule has 0 aliphatic carbocycles. The van der Waals surface area contributed by atoms with Crippen molar-refractivity contribution in [1.29, 1.82) is 0 Å². The average Bonchev–Trinajstić information content (AvgIpc) is 2.44. The molecular formula is C15H12F6O2S. The van der Waals surface area contributed by atoms with Crippen molar-refractivity contribution >= 4 is 16.2 Å². The van der Waals surface area contributed by atoms with Crippen molar-refractivity contribution in [3.05, 3.63) is 59.4 Å². The standard InChI is InChI=1S/C15H12F6O2S/c1-2-10-3-5-11(6-4-10)15(22)23-12-7-8-14(13(16)9-12)24(17,18,19,20)21/h3-9H,2H2,1H3. The highest BCUT2D eigenvalue weighted by Crippen LogP contribution is 3.02. The molecule has 2 aromatic carbocycles. The number of halogens is 6. The molecule has 0 saturated heterocycles. The van der Waals surface area contributed by atoms with Gasteiger partial charge >= 0.3 is 16.2 Å². The van der Waals surface area contributed by atoms with E-state index in [1.165, 1.54) is 12.1 Å². The van der Waals surface area contributed by atoms with E-state index in [1.807, 2.05) is 6.92 Å². The first-order valence-electron chi connectivity index (χ1n) is 6.65. The minimum absolute atomic E-state index is 0.0874. The summed E-state index contributed by atoms with van der Waals surface area (Å²) in [5, 5.41) is 0. The average molecular weight is 370 g/mol. The third kappa shape index (κ3) is 4.22. The first-order chi connectivity index (χ1) is 10.8. The van der Waals surface area contributed by atoms with Crippen LogP contribution in [0.25, 0.3) is 0 Å². The maximum atomic E-state index is 13.4. The molecule has 0 atom stereocenters. The molecule has 0 aromatic heterocycles. The Hall–Kier alpha value is -2.16. The lowest BCUT2D eigenvalue weighted by Crippen LogP contribution is -2.11. The Morgan fingerprint density at radius 1 is 1.00 bits per heavy atom. The van der Waals surface area contributed by atoms with Crippen LogP contribution in [0.3, 0.4) is 0 Å². The van der Waals surface area contributed by atoms with Gasteiger partial charge in [-0.3, -0.25) is 0 Å². The van der Waals surface area contributed by atoms with Crippen molar-refractivity contribution in [2.45, 2.75) is 18.2 Å². The lowest BCUT2D eigenvalue weighted by molar-refractivity contribution is 0.0734. The first-order valence-corrected chi connectivity index (χ1v) is 8.60. The Balaban J connectivity index is 2.25. The van der Waals surface area contributed by atoms with Crippen molar-refractivity contribution in [3.63, 3.8) is 0 Å². The van der Waals surface area contributed by atoms with Crippen molar-refractivity contribution in [2.24, 2.45) is 0 Å². The van der Waals surface area contributed by atoms with E-state index in [0.717, 1.165) is 12.0 Å². The van der Waals surface area contributed by atoms with Crippen LogP contribution in [0, 0.1) is 5.82 Å². The number of hydrogen-bond donors (Lipinski definition) is 0. The zero-order valence-electron chi connectivity index (χ0n) is 12.2. The van der Waals surface area contributed by atoms with E-state index in [9.17, 15) is 28.6 Å². The lowest BCUT2D eigenvalue weighted by atomic mass is 10.1. The lowest BCUT2D eigenvalue weighted by Gasteiger charge is -2.40. The molecule has 0 aliphatic rings. The second-order valence-corrected chi connectivity index (χ2v) is 7.38. The predicted octanol–water partition coefficient (Wildman–Crippen LogP) is 6.26. The third-order valence-electron chi connectivity index (χ3n) is 3.13. The number of carbonyl (C=O) groups is 1. The molecule has 24 heavy (non-hydrogen) atoms. The number of rotatable bonds is 4. The maximum absolute atomic E-state index is 13.4. The minimum Gasteiger partial charge on any atom is -0.423 e. The van der Waals surface area contributed by atoms with Gasteiger partial charge < -0.3 is 4.74 Å². The Morgan fingerprint density at radius 3 is 2.04 bits per heavy atom. The molecule has 0 fully saturated rings. The Labute approximate surface area is 133 Å². The number of esters is 1. The van der Waals surface area contributed by atoms with Gasteiger partial charge in [-0.05, 0) is 36.2 Å². The van der Waals surface area contributed by atoms with Gasteiger partial charge in [-0.1, -0.05) is 38.5 Å². The third-order valence-corrected chi connectivity index (χ3v) is 4.29. The fourth-order valence-corrected chi connectivity index (χ4v) is 2.65. The van der Waals surface area contributed by atoms with Gasteiger partial charge in [0.2, 0.25) is 0 Å². The van der Waals surface area contributed by atoms with Gasteiger partial charge in [0.15, 0.2) is 0 Å². The maximum Gasteiger partial charge on any atom is 0.343 e. The molecule has 0 unspecified atom stereocenters. The van der Waals surface area contributed by atoms with Crippen LogP contribution < -0.4 is 4.74 Å². The largest absolute Gasteiger partial charge is 0.423 e. The molecule has 0 aliphatic heterocycles. The number of benzene rings is 2. The molecule has 132 valence electrons. The molecule has 0 heterocycles. The van der Waals surface area contributed by atoms with E-state index in [1.54, 1.807) is 12.1 Å². The van der Waals surface area contributed by atoms with E-state index in [0.29, 0.717) is 6.07 Å². The van der Waals surface area contributed by atoms with Crippen LogP contribution in [0.1, 0.15) is 22.8 Å². The van der Waals surface area contributed by atoms with Gasteiger partial charge in [-0.25, -0.2) is 9.18 Å². The summed E-state index contributed by atoms with van der Waals surface area (Å²) in [6, 6.07) is 6.59. The molecule has 0 N–H and O–H groups in total. The van der Waals surface area contributed by atoms with Crippen LogP contribution in [-0.4, -0.2) is 5.97 Å². The highest BCUT2D eigenvalue weighted by molar-refractivity contribution is 8.45. The topological polar surface area (TPSA) is 26.3 Å². The summed E-state index contributed by atoms with van der Waals surface area (Å²) < 4.78 is 81.1. The summed E-state index contributed by atoms with van der Waals surface area (Å²) in [5.74, 6) is -3.76. The van der Waals surface area contributed by atoms with Crippen molar-refractivity contribution < 1.29 is 33.4 Å². The number of aryl methyl sites for hydroxylation is 1. The summed E-state index contributed by atoms with van der Waals surface area (Å²) in [7, 11) is -10.1. The molecule has 9 heteroatoms. The van der Waals surface area contributed by atoms with Crippen molar-refractivity contribution in [2.75, 3.05) is 0 Å². The van der Waals surface area contributed by atoms with Crippen molar-refractivity contribution in [1.82, 2.24) is 0 Å². The van der Waals surface area contributed by atoms with E-state index in [4.69, 9.17) is 4.74 Å². The van der Waals surface area contributed by atoms with E-state index < -0.39 is 32.7 Å². The second-order valence-electron chi connectivity index (χ2n) is 5.00. The summed E-state index contributed by atoms with van der Waals surface area (Å²) in [6.07, 6.45) is 0.733. The number of hydrogen-bond acceptors (Lipinski definition) is 2. The summed E-state index contributed by atoms with van der Waals surface area (Å²) >= 11 is 0. The summed E-state index contributed by atoms with van der Waals surface area (Å²) in [5.41, 5.74) is 1.03. The fraction of sp³-hybridized carbons (Fsp3) is 0.133. The van der Waals surface area contributed by atoms with Gasteiger partial charge in [0.05, 0.1) is 5.56 Å². The van der Waals surface area contributed by atoms with Crippen LogP contribution >= 0.6 is 10.2 Å². The molecule has 0 amide bonds. The SMILES string of the molecule is CCc1ccc(C(=O)Oc2ccc(S(F)(F)(F)(F)F)c(F)c2)cc1. The molecule has 2 nitrogen and oxygen atoms in total. The van der Waals surface area contributed by atoms with Gasteiger partial charge in [0, 0.05) is 6.07 Å². The van der Waals surface area contributed by atoms with Crippen LogP contribution in [0.2, 0.25) is 0 Å². The quantitative estimate of drug-likeness (QED) is 0.360. The normalized spacial score (nSPS) is 14.6. The van der Waals surface area contributed by atoms with Crippen LogP contribution in [0.5, 0.6) is 5.75 Å². The Bertz CT molecular complexity index is 784. The molecular weight excluding hydrogens is 358 g/mol. The zero-order valence-corrected chi connectivity index (χ0v) is 13.1. The van der Waals surface area contributed by atoms with Gasteiger partial charge in [-0.15, -0.1) is 0 Å². The Kier molecular flexibility index (Phi) is 3.92. The van der Waals surface area contributed by atoms with Crippen molar-refractivity contribution in [3.8, 4) is 5.75 Å². The molecule has 0 radical (unpaired) electrons. The first kappa shape index (κ1) is 18.2. The van der Waals surface area contributed by atoms with Crippen LogP contribution in [0.4, 0.5) is 23.8 Å². The van der Waals surface area contributed by atoms with Gasteiger partial charge in [0.25, 0.3) is 0 Å². The fourth-order valence-electron chi connectivity index (χ4n) is 1.90. The molecule has 0 spiro atoms. The van der Waals surface area contributed by atoms with E-state index in [2.05, 4.69) is 0 Å². The summed E-state index contributed by atoms with van der Waals surface area (Å²) in [6.45, 7) is 1.90. The van der Waals surface area contributed by atoms with Gasteiger partial charge in [-0.2, -0.15) is 0 Å². The zero-order chi connectivity index (χ0) is 18.2. The predicted molar refractivity (Wildman–Crippen MR) is 78.6 cm³/mol. The Morgan fingerprint density at radius 2 is 1.58 bits per heavy atom. The molecule has 2 rings (SSSR count). The van der Waals surface area contributed by atoms with Gasteiger partial charge in [0.1, 0.15) is 16.5 Å². The minimum atomic E-state index is -10.1. The highest BCUT2D eigenvalue weighted by atomic mass is 32.5. The molecule has 2 aromatic rings. The van der Waals surface area contributed by atoms with E-state index >= 15 is 0 Å².